The van der Waals surface area contributed by atoms with Crippen molar-refractivity contribution in [1.29, 1.82) is 5.41 Å². The van der Waals surface area contributed by atoms with Crippen LogP contribution < -0.4 is 16.1 Å². The number of nitrogens with zero attached hydrogens (tertiary/aromatic N) is 3. The topological polar surface area (TPSA) is 115 Å². The minimum absolute atomic E-state index is 0.137. The molecule has 2 aliphatic rings. The van der Waals surface area contributed by atoms with Crippen LogP contribution in [0.5, 0.6) is 0 Å². The van der Waals surface area contributed by atoms with Crippen molar-refractivity contribution in [3.8, 4) is 11.3 Å². The van der Waals surface area contributed by atoms with Gasteiger partial charge in [0.15, 0.2) is 17.5 Å². The first-order chi connectivity index (χ1) is 16.5. The standard InChI is InChI=1S/C25H35N7O2/c1-17-6-8-19(9-7-17)15-27-22-21(20-5-3-4-18(2)14-20)29-25(23(26)28-16-33)30-24(22)31-32-10-12-34-13-11-32/h3-5,14,16-17,19,27H,6-13,15H2,1-2H3,(H2,26,28,33)(H,29,30,31)/t17-,19-. The smallest absolute Gasteiger partial charge is 0.212 e. The third kappa shape index (κ3) is 6.09. The second kappa shape index (κ2) is 11.4. The normalized spacial score (nSPS) is 21.0. The molecule has 1 aromatic heterocycles. The first-order valence-corrected chi connectivity index (χ1v) is 12.1. The Labute approximate surface area is 201 Å². The molecule has 1 aliphatic heterocycles. The average molecular weight is 466 g/mol. The number of rotatable bonds is 8. The summed E-state index contributed by atoms with van der Waals surface area (Å²) in [6.07, 6.45) is 5.43. The van der Waals surface area contributed by atoms with E-state index in [-0.39, 0.29) is 11.7 Å². The lowest BCUT2D eigenvalue weighted by molar-refractivity contribution is -0.108. The van der Waals surface area contributed by atoms with Gasteiger partial charge in [-0.05, 0) is 37.7 Å². The lowest BCUT2D eigenvalue weighted by Crippen LogP contribution is -2.41. The Morgan fingerprint density at radius 2 is 1.97 bits per heavy atom. The van der Waals surface area contributed by atoms with Crippen LogP contribution in [0, 0.1) is 24.2 Å². The van der Waals surface area contributed by atoms with E-state index in [1.165, 1.54) is 25.7 Å². The summed E-state index contributed by atoms with van der Waals surface area (Å²) in [5.74, 6) is 2.03. The van der Waals surface area contributed by atoms with Crippen molar-refractivity contribution >= 4 is 23.8 Å². The fraction of sp³-hybridized carbons (Fsp3) is 0.520. The van der Waals surface area contributed by atoms with E-state index in [9.17, 15) is 4.79 Å². The highest BCUT2D eigenvalue weighted by Gasteiger charge is 2.23. The van der Waals surface area contributed by atoms with Gasteiger partial charge in [0.2, 0.25) is 6.41 Å². The van der Waals surface area contributed by atoms with Crippen LogP contribution in [0.15, 0.2) is 24.3 Å². The average Bonchev–Trinajstić information content (AvgIpc) is 2.84. The predicted molar refractivity (Wildman–Crippen MR) is 134 cm³/mol. The first-order valence-electron chi connectivity index (χ1n) is 12.1. The summed E-state index contributed by atoms with van der Waals surface area (Å²) in [6.45, 7) is 7.95. The van der Waals surface area contributed by atoms with Crippen LogP contribution in [0.25, 0.3) is 11.3 Å². The SMILES string of the molecule is Cc1cccc(-c2nc(C(=N)NC=O)nc(NN3CCOCC3)c2NC[C@H]2CC[C@H](C)CC2)c1. The highest BCUT2D eigenvalue weighted by atomic mass is 16.5. The Hall–Kier alpha value is -3.04. The van der Waals surface area contributed by atoms with E-state index in [1.807, 2.05) is 25.1 Å². The van der Waals surface area contributed by atoms with E-state index < -0.39 is 0 Å². The Morgan fingerprint density at radius 1 is 1.21 bits per heavy atom. The highest BCUT2D eigenvalue weighted by Crippen LogP contribution is 2.34. The summed E-state index contributed by atoms with van der Waals surface area (Å²) in [7, 11) is 0. The number of ether oxygens (including phenoxy) is 1. The summed E-state index contributed by atoms with van der Waals surface area (Å²) in [5, 5.41) is 16.4. The quantitative estimate of drug-likeness (QED) is 0.268. The summed E-state index contributed by atoms with van der Waals surface area (Å²) < 4.78 is 5.49. The van der Waals surface area contributed by atoms with Gasteiger partial charge in [-0.3, -0.25) is 10.2 Å². The Bertz CT molecular complexity index is 999. The third-order valence-electron chi connectivity index (χ3n) is 6.61. The largest absolute Gasteiger partial charge is 0.380 e. The summed E-state index contributed by atoms with van der Waals surface area (Å²) >= 11 is 0. The van der Waals surface area contributed by atoms with E-state index in [2.05, 4.69) is 39.0 Å². The Balaban J connectivity index is 1.73. The molecule has 1 aliphatic carbocycles. The monoisotopic (exact) mass is 465 g/mol. The number of carbonyl (C=O) groups excluding carboxylic acids is 1. The molecule has 4 N–H and O–H groups in total. The van der Waals surface area contributed by atoms with E-state index in [4.69, 9.17) is 15.1 Å². The van der Waals surface area contributed by atoms with Crippen molar-refractivity contribution < 1.29 is 9.53 Å². The number of hydrazine groups is 1. The molecule has 34 heavy (non-hydrogen) atoms. The van der Waals surface area contributed by atoms with Gasteiger partial charge in [-0.25, -0.2) is 15.0 Å². The molecule has 1 saturated carbocycles. The van der Waals surface area contributed by atoms with E-state index >= 15 is 0 Å². The third-order valence-corrected chi connectivity index (χ3v) is 6.61. The van der Waals surface area contributed by atoms with Crippen molar-refractivity contribution in [2.24, 2.45) is 11.8 Å². The van der Waals surface area contributed by atoms with Crippen LogP contribution in [0.3, 0.4) is 0 Å². The summed E-state index contributed by atoms with van der Waals surface area (Å²) in [4.78, 5) is 20.4. The van der Waals surface area contributed by atoms with Gasteiger partial charge in [-0.15, -0.1) is 0 Å². The lowest BCUT2D eigenvalue weighted by Gasteiger charge is -2.30. The van der Waals surface area contributed by atoms with Gasteiger partial charge in [0.05, 0.1) is 18.9 Å². The number of amidine groups is 1. The molecule has 1 amide bonds. The fourth-order valence-electron chi connectivity index (χ4n) is 4.55. The maximum Gasteiger partial charge on any atom is 0.212 e. The van der Waals surface area contributed by atoms with Crippen LogP contribution in [0.4, 0.5) is 11.5 Å². The van der Waals surface area contributed by atoms with Crippen molar-refractivity contribution in [1.82, 2.24) is 20.3 Å². The minimum atomic E-state index is -0.137. The number of anilines is 2. The highest BCUT2D eigenvalue weighted by molar-refractivity contribution is 6.00. The van der Waals surface area contributed by atoms with Crippen molar-refractivity contribution in [3.05, 3.63) is 35.7 Å². The van der Waals surface area contributed by atoms with Gasteiger partial charge in [0, 0.05) is 25.2 Å². The van der Waals surface area contributed by atoms with Gasteiger partial charge in [0.25, 0.3) is 0 Å². The second-order valence-electron chi connectivity index (χ2n) is 9.34. The zero-order valence-corrected chi connectivity index (χ0v) is 20.1. The fourth-order valence-corrected chi connectivity index (χ4v) is 4.55. The zero-order chi connectivity index (χ0) is 23.9. The molecule has 0 radical (unpaired) electrons. The molecule has 182 valence electrons. The number of benzene rings is 1. The van der Waals surface area contributed by atoms with Gasteiger partial charge < -0.3 is 20.8 Å². The molecule has 2 aromatic rings. The van der Waals surface area contributed by atoms with Crippen LogP contribution in [0.1, 0.15) is 44.0 Å². The zero-order valence-electron chi connectivity index (χ0n) is 20.1. The summed E-state index contributed by atoms with van der Waals surface area (Å²) in [5.41, 5.74) is 7.02. The number of carbonyl (C=O) groups is 1. The molecule has 1 saturated heterocycles. The minimum Gasteiger partial charge on any atom is -0.380 e. The van der Waals surface area contributed by atoms with Gasteiger partial charge in [-0.1, -0.05) is 43.5 Å². The van der Waals surface area contributed by atoms with Crippen molar-refractivity contribution in [3.63, 3.8) is 0 Å². The molecule has 9 nitrogen and oxygen atoms in total. The second-order valence-corrected chi connectivity index (χ2v) is 9.34. The van der Waals surface area contributed by atoms with Gasteiger partial charge in [-0.2, -0.15) is 0 Å². The summed E-state index contributed by atoms with van der Waals surface area (Å²) in [6, 6.07) is 8.14. The molecule has 4 rings (SSSR count). The number of nitrogens with one attached hydrogen (secondary N) is 4. The number of aromatic nitrogens is 2. The first kappa shape index (κ1) is 24.1. The molecular formula is C25H35N7O2. The molecule has 0 bridgehead atoms. The van der Waals surface area contributed by atoms with E-state index in [1.54, 1.807) is 0 Å². The molecular weight excluding hydrogens is 430 g/mol. The number of hydrogen-bond acceptors (Lipinski definition) is 8. The van der Waals surface area contributed by atoms with Crippen LogP contribution >= 0.6 is 0 Å². The van der Waals surface area contributed by atoms with Gasteiger partial charge >= 0.3 is 0 Å². The maximum atomic E-state index is 11.0. The molecule has 0 spiro atoms. The van der Waals surface area contributed by atoms with Crippen LogP contribution in [-0.4, -0.2) is 60.1 Å². The molecule has 0 atom stereocenters. The van der Waals surface area contributed by atoms with Crippen molar-refractivity contribution in [2.45, 2.75) is 39.5 Å². The lowest BCUT2D eigenvalue weighted by atomic mass is 9.83. The van der Waals surface area contributed by atoms with Gasteiger partial charge in [0.1, 0.15) is 5.69 Å². The van der Waals surface area contributed by atoms with E-state index in [0.29, 0.717) is 37.1 Å². The number of morpholine rings is 1. The maximum absolute atomic E-state index is 11.0. The molecule has 0 unspecified atom stereocenters. The molecule has 1 aromatic carbocycles. The number of aryl methyl sites for hydroxylation is 1. The van der Waals surface area contributed by atoms with Crippen molar-refractivity contribution in [2.75, 3.05) is 43.6 Å². The Kier molecular flexibility index (Phi) is 8.08. The van der Waals surface area contributed by atoms with Crippen LogP contribution in [0.2, 0.25) is 0 Å². The molecule has 2 fully saturated rings. The van der Waals surface area contributed by atoms with E-state index in [0.717, 1.165) is 42.4 Å². The predicted octanol–water partition coefficient (Wildman–Crippen LogP) is 3.42. The van der Waals surface area contributed by atoms with Crippen LogP contribution in [-0.2, 0) is 9.53 Å². The number of hydrogen-bond donors (Lipinski definition) is 4. The molecule has 2 heterocycles. The molecule has 9 heteroatoms. The Morgan fingerprint density at radius 3 is 2.68 bits per heavy atom. The number of amides is 1.